The van der Waals surface area contributed by atoms with Crippen LogP contribution in [0, 0.1) is 0 Å². The molecule has 0 saturated heterocycles. The molecule has 0 unspecified atom stereocenters. The van der Waals surface area contributed by atoms with Crippen LogP contribution in [-0.2, 0) is 44.8 Å². The van der Waals surface area contributed by atoms with Gasteiger partial charge in [-0.2, -0.15) is 0 Å². The summed E-state index contributed by atoms with van der Waals surface area (Å²) in [6.45, 7) is 2.04. The molecule has 6 atom stereocenters. The van der Waals surface area contributed by atoms with Crippen molar-refractivity contribution in [2.75, 3.05) is 39.3 Å². The van der Waals surface area contributed by atoms with Gasteiger partial charge in [0.15, 0.2) is 0 Å². The first kappa shape index (κ1) is 54.6. The van der Waals surface area contributed by atoms with Gasteiger partial charge in [-0.1, -0.05) is 0 Å². The first-order valence-corrected chi connectivity index (χ1v) is 21.0. The number of aromatic amines is 1. The Labute approximate surface area is 366 Å². The van der Waals surface area contributed by atoms with Crippen molar-refractivity contribution in [1.82, 2.24) is 47.2 Å². The maximum Gasteiger partial charge on any atom is 0.338 e. The predicted octanol–water partition coefficient (Wildman–Crippen LogP) is -11.0. The fourth-order valence-corrected chi connectivity index (χ4v) is 5.92. The number of rotatable bonds is 33. The first-order valence-electron chi connectivity index (χ1n) is 21.0. The van der Waals surface area contributed by atoms with E-state index in [1.54, 1.807) is 0 Å². The number of nitrogens with zero attached hydrogens (tertiary/aromatic N) is 1. The van der Waals surface area contributed by atoms with Crippen molar-refractivity contribution >= 4 is 59.6 Å². The van der Waals surface area contributed by atoms with Crippen molar-refractivity contribution in [2.24, 2.45) is 34.4 Å². The molecule has 0 aromatic carbocycles. The van der Waals surface area contributed by atoms with Crippen LogP contribution in [0.25, 0.3) is 0 Å². The third-order valence-electron chi connectivity index (χ3n) is 9.36. The number of amides is 7. The molecule has 354 valence electrons. The number of hydrogen-bond donors (Lipinski definition) is 17. The lowest BCUT2D eigenvalue weighted by Gasteiger charge is -2.27. The van der Waals surface area contributed by atoms with Crippen LogP contribution in [0.5, 0.6) is 0 Å². The summed E-state index contributed by atoms with van der Waals surface area (Å²) in [5.74, 6) is -5.02. The maximum atomic E-state index is 14.2. The normalized spacial score (nSPS) is 13.6. The molecule has 0 bridgehead atoms. The summed E-state index contributed by atoms with van der Waals surface area (Å²) < 4.78 is 0. The standard InChI is InChI=1S/C37H68N18O8/c1-22(50-30(58)19-48-29(57)17-40)31(59)52-25(9-3-5-13-39)33(61)53-27(11-7-15-47-37(43)44)34(62)55-28(16-24-18-45-21-49-24)35(63)54-26(10-6-14-46-36(41)42)32(60)51-23(20-56)8-2-4-12-38/h18,20-23,25-28H,2-17,19,38-40H2,1H3,(H,45,49)(H,48,57)(H,50,58)(H,51,60)(H,52,59)(H,53,61)(H,54,63)(H,55,62)(H4,41,42,46)(H4,43,44,47)/p+3/t22-,23-,25-,26-,27-,28-/m0/s1. The number of guanidine groups is 2. The van der Waals surface area contributed by atoms with Gasteiger partial charge in [-0.3, -0.25) is 66.5 Å². The fourth-order valence-electron chi connectivity index (χ4n) is 5.92. The lowest BCUT2D eigenvalue weighted by Crippen LogP contribution is -2.78. The van der Waals surface area contributed by atoms with E-state index >= 15 is 0 Å². The smallest absolute Gasteiger partial charge is 0.338 e. The fraction of sp³-hybridized carbons (Fsp3) is 0.649. The van der Waals surface area contributed by atoms with Crippen molar-refractivity contribution in [2.45, 2.75) is 114 Å². The summed E-state index contributed by atoms with van der Waals surface area (Å²) in [5, 5.41) is 18.1. The van der Waals surface area contributed by atoms with E-state index in [9.17, 15) is 38.4 Å². The summed E-state index contributed by atoms with van der Waals surface area (Å²) in [6.07, 6.45) is 6.76. The number of carbonyl (C=O) groups excluding carboxylic acids is 8. The van der Waals surface area contributed by atoms with Crippen molar-refractivity contribution in [3.8, 4) is 0 Å². The topological polar surface area (TPSA) is 461 Å². The highest BCUT2D eigenvalue weighted by Crippen LogP contribution is 2.08. The second-order valence-corrected chi connectivity index (χ2v) is 14.7. The van der Waals surface area contributed by atoms with E-state index in [4.69, 9.17) is 34.4 Å². The Bertz CT molecular complexity index is 1650. The molecule has 1 aromatic heterocycles. The van der Waals surface area contributed by atoms with Crippen molar-refractivity contribution in [3.63, 3.8) is 0 Å². The molecule has 0 spiro atoms. The molecule has 0 aliphatic carbocycles. The van der Waals surface area contributed by atoms with E-state index in [1.807, 2.05) is 0 Å². The minimum Gasteiger partial charge on any atom is -0.358 e. The number of aromatic nitrogens is 2. The van der Waals surface area contributed by atoms with Crippen molar-refractivity contribution < 1.29 is 54.1 Å². The average Bonchev–Trinajstić information content (AvgIpc) is 3.76. The molecule has 63 heavy (non-hydrogen) atoms. The average molecular weight is 896 g/mol. The van der Waals surface area contributed by atoms with Gasteiger partial charge in [-0.05, 0) is 77.7 Å². The van der Waals surface area contributed by atoms with E-state index < -0.39 is 84.1 Å². The zero-order chi connectivity index (χ0) is 47.2. The number of hydrogen-bond acceptors (Lipinski definition) is 11. The highest BCUT2D eigenvalue weighted by atomic mass is 16.2. The van der Waals surface area contributed by atoms with Crippen LogP contribution >= 0.6 is 0 Å². The van der Waals surface area contributed by atoms with Crippen LogP contribution in [0.3, 0.4) is 0 Å². The van der Waals surface area contributed by atoms with E-state index in [0.717, 1.165) is 6.42 Å². The zero-order valence-electron chi connectivity index (χ0n) is 36.1. The number of quaternary nitrogens is 1. The zero-order valence-corrected chi connectivity index (χ0v) is 36.1. The Morgan fingerprint density at radius 1 is 0.683 bits per heavy atom. The number of unbranched alkanes of at least 4 members (excludes halogenated alkanes) is 2. The number of nitrogens with one attached hydrogen (secondary N) is 10. The van der Waals surface area contributed by atoms with Gasteiger partial charge in [-0.25, -0.2) is 4.98 Å². The largest absolute Gasteiger partial charge is 0.358 e. The Kier molecular flexibility index (Phi) is 27.3. The van der Waals surface area contributed by atoms with Crippen molar-refractivity contribution in [3.05, 3.63) is 18.2 Å². The van der Waals surface area contributed by atoms with E-state index in [0.29, 0.717) is 57.2 Å². The van der Waals surface area contributed by atoms with Crippen LogP contribution in [0.15, 0.2) is 12.5 Å². The molecule has 1 heterocycles. The SMILES string of the molecule is C[C@H](NC(=O)CNC(=O)CN)C(=O)N[C@@H](CCCCN)C(=O)N[C@@H](CCC[NH+]=C(N)N)C(=O)N[C@@H](Cc1cnc[nH]1)C(=O)N[C@@H](CCC[NH+]=C(N)N)C(=O)N[C@H](C=O)CCCC[NH3+]. The summed E-state index contributed by atoms with van der Waals surface area (Å²) in [5.41, 5.74) is 37.3. The van der Waals surface area contributed by atoms with Crippen LogP contribution in [-0.4, -0.2) is 145 Å². The summed E-state index contributed by atoms with van der Waals surface area (Å²) in [7, 11) is 0. The molecule has 26 heteroatoms. The summed E-state index contributed by atoms with van der Waals surface area (Å²) in [4.78, 5) is 117. The van der Waals surface area contributed by atoms with Crippen LogP contribution in [0.4, 0.5) is 0 Å². The lowest BCUT2D eigenvalue weighted by molar-refractivity contribution is -0.460. The molecule has 0 saturated carbocycles. The molecule has 0 aliphatic heterocycles. The molecule has 26 nitrogen and oxygen atoms in total. The molecule has 0 radical (unpaired) electrons. The molecule has 7 amide bonds. The Morgan fingerprint density at radius 2 is 1.19 bits per heavy atom. The molecular formula is C37H71N18O8+3. The van der Waals surface area contributed by atoms with Crippen LogP contribution < -0.4 is 87.3 Å². The molecule has 1 aromatic rings. The van der Waals surface area contributed by atoms with Gasteiger partial charge < -0.3 is 64.2 Å². The number of imidazole rings is 1. The van der Waals surface area contributed by atoms with E-state index in [1.165, 1.54) is 19.4 Å². The molecule has 1 rings (SSSR count). The number of nitrogens with two attached hydrogens (primary N) is 6. The first-order chi connectivity index (χ1) is 30.0. The van der Waals surface area contributed by atoms with E-state index in [2.05, 4.69) is 62.9 Å². The third kappa shape index (κ3) is 24.0. The number of H-pyrrole nitrogens is 1. The van der Waals surface area contributed by atoms with Gasteiger partial charge in [0.2, 0.25) is 41.4 Å². The second kappa shape index (κ2) is 31.4. The van der Waals surface area contributed by atoms with Gasteiger partial charge >= 0.3 is 11.9 Å². The second-order valence-electron chi connectivity index (χ2n) is 14.7. The summed E-state index contributed by atoms with van der Waals surface area (Å²) >= 11 is 0. The van der Waals surface area contributed by atoms with Crippen LogP contribution in [0.2, 0.25) is 0 Å². The van der Waals surface area contributed by atoms with E-state index in [-0.39, 0.29) is 63.7 Å². The molecule has 0 fully saturated rings. The minimum absolute atomic E-state index is 0.00119. The quantitative estimate of drug-likeness (QED) is 0.0135. The molecular weight excluding hydrogens is 825 g/mol. The van der Waals surface area contributed by atoms with Crippen molar-refractivity contribution in [1.29, 1.82) is 0 Å². The number of aldehydes is 1. The Hall–Kier alpha value is -6.41. The highest BCUT2D eigenvalue weighted by Gasteiger charge is 2.33. The number of carbonyl (C=O) groups is 8. The Morgan fingerprint density at radius 3 is 1.68 bits per heavy atom. The van der Waals surface area contributed by atoms with Gasteiger partial charge in [-0.15, -0.1) is 0 Å². The lowest BCUT2D eigenvalue weighted by atomic mass is 10.0. The van der Waals surface area contributed by atoms with Gasteiger partial charge in [0, 0.05) is 18.3 Å². The summed E-state index contributed by atoms with van der Waals surface area (Å²) in [6, 6.07) is -6.93. The Balaban J connectivity index is 3.42. The highest BCUT2D eigenvalue weighted by molar-refractivity contribution is 5.97. The van der Waals surface area contributed by atoms with Crippen LogP contribution in [0.1, 0.15) is 76.8 Å². The monoisotopic (exact) mass is 896 g/mol. The molecule has 0 aliphatic rings. The third-order valence-corrected chi connectivity index (χ3v) is 9.36. The minimum atomic E-state index is -1.33. The van der Waals surface area contributed by atoms with Gasteiger partial charge in [0.1, 0.15) is 36.5 Å². The maximum absolute atomic E-state index is 14.2. The molecule has 25 N–H and O–H groups in total. The van der Waals surface area contributed by atoms with Gasteiger partial charge in [0.25, 0.3) is 0 Å². The van der Waals surface area contributed by atoms with Gasteiger partial charge in [0.05, 0.1) is 45.1 Å². The predicted molar refractivity (Wildman–Crippen MR) is 229 cm³/mol.